The Morgan fingerprint density at radius 3 is 2.89 bits per heavy atom. The van der Waals surface area contributed by atoms with Crippen molar-refractivity contribution in [3.63, 3.8) is 0 Å². The maximum atomic E-state index is 6.05. The Kier molecular flexibility index (Phi) is 2.42. The van der Waals surface area contributed by atoms with Gasteiger partial charge in [-0.25, -0.2) is 0 Å². The number of hydrogen-bond donors (Lipinski definition) is 0. The fourth-order valence-electron chi connectivity index (χ4n) is 2.89. The molecule has 1 aliphatic carbocycles. The third kappa shape index (κ3) is 1.77. The van der Waals surface area contributed by atoms with Gasteiger partial charge in [0.1, 0.15) is 12.4 Å². The summed E-state index contributed by atoms with van der Waals surface area (Å²) >= 11 is 6.05. The Morgan fingerprint density at radius 1 is 1.00 bits per heavy atom. The Hall–Kier alpha value is -1.73. The number of allylic oxidation sites excluding steroid dienone is 1. The average molecular weight is 269 g/mol. The normalized spacial score (nSPS) is 15.2. The van der Waals surface area contributed by atoms with Gasteiger partial charge in [0.05, 0.1) is 0 Å². The van der Waals surface area contributed by atoms with Gasteiger partial charge in [0.25, 0.3) is 0 Å². The molecule has 94 valence electrons. The Balaban J connectivity index is 1.94. The van der Waals surface area contributed by atoms with Crippen molar-refractivity contribution < 1.29 is 4.74 Å². The van der Waals surface area contributed by atoms with Crippen molar-refractivity contribution >= 4 is 17.7 Å². The molecule has 0 radical (unpaired) electrons. The zero-order valence-corrected chi connectivity index (χ0v) is 11.2. The number of benzene rings is 2. The van der Waals surface area contributed by atoms with E-state index in [1.54, 1.807) is 0 Å². The van der Waals surface area contributed by atoms with Crippen molar-refractivity contribution in [3.05, 3.63) is 58.1 Å². The summed E-state index contributed by atoms with van der Waals surface area (Å²) in [5.41, 5.74) is 6.33. The first kappa shape index (κ1) is 11.1. The van der Waals surface area contributed by atoms with Crippen LogP contribution in [0.4, 0.5) is 0 Å². The molecule has 1 nitrogen and oxygen atoms in total. The van der Waals surface area contributed by atoms with Crippen LogP contribution in [0.5, 0.6) is 5.75 Å². The molecule has 2 aliphatic rings. The van der Waals surface area contributed by atoms with Gasteiger partial charge in [0, 0.05) is 10.6 Å². The van der Waals surface area contributed by atoms with Gasteiger partial charge in [-0.05, 0) is 59.4 Å². The minimum absolute atomic E-state index is 0.603. The lowest BCUT2D eigenvalue weighted by molar-refractivity contribution is 0.302. The van der Waals surface area contributed by atoms with Crippen molar-refractivity contribution in [2.24, 2.45) is 0 Å². The van der Waals surface area contributed by atoms with E-state index in [4.69, 9.17) is 16.3 Å². The second-order valence-electron chi connectivity index (χ2n) is 5.08. The molecule has 2 aromatic carbocycles. The van der Waals surface area contributed by atoms with Crippen LogP contribution < -0.4 is 4.74 Å². The highest BCUT2D eigenvalue weighted by Crippen LogP contribution is 2.41. The number of rotatable bonds is 0. The summed E-state index contributed by atoms with van der Waals surface area (Å²) < 4.78 is 5.88. The molecule has 1 aliphatic heterocycles. The van der Waals surface area contributed by atoms with Gasteiger partial charge in [0.15, 0.2) is 0 Å². The molecular weight excluding hydrogens is 256 g/mol. The van der Waals surface area contributed by atoms with Crippen LogP contribution in [0.1, 0.15) is 23.1 Å². The molecular formula is C17H13ClO. The van der Waals surface area contributed by atoms with E-state index in [0.717, 1.165) is 23.6 Å². The largest absolute Gasteiger partial charge is 0.488 e. The molecule has 0 saturated carbocycles. The summed E-state index contributed by atoms with van der Waals surface area (Å²) in [6.07, 6.45) is 6.66. The molecule has 1 heterocycles. The zero-order chi connectivity index (χ0) is 12.8. The number of aryl methyl sites for hydroxylation is 1. The fraction of sp³-hybridized carbons (Fsp3) is 0.176. The molecule has 0 unspecified atom stereocenters. The van der Waals surface area contributed by atoms with Gasteiger partial charge < -0.3 is 4.74 Å². The number of hydrogen-bond acceptors (Lipinski definition) is 1. The van der Waals surface area contributed by atoms with Gasteiger partial charge in [-0.15, -0.1) is 0 Å². The molecule has 0 aromatic heterocycles. The van der Waals surface area contributed by atoms with Gasteiger partial charge in [-0.3, -0.25) is 0 Å². The molecule has 0 atom stereocenters. The minimum Gasteiger partial charge on any atom is -0.488 e. The van der Waals surface area contributed by atoms with E-state index in [-0.39, 0.29) is 0 Å². The van der Waals surface area contributed by atoms with E-state index in [2.05, 4.69) is 30.4 Å². The predicted octanol–water partition coefficient (Wildman–Crippen LogP) is 4.86. The lowest BCUT2D eigenvalue weighted by Crippen LogP contribution is -2.07. The molecule has 2 aromatic rings. The third-order valence-electron chi connectivity index (χ3n) is 3.86. The maximum Gasteiger partial charge on any atom is 0.128 e. The summed E-state index contributed by atoms with van der Waals surface area (Å²) in [7, 11) is 0. The van der Waals surface area contributed by atoms with Crippen LogP contribution in [0.3, 0.4) is 0 Å². The first-order valence-corrected chi connectivity index (χ1v) is 6.94. The maximum absolute atomic E-state index is 6.05. The van der Waals surface area contributed by atoms with E-state index in [1.165, 1.54) is 27.8 Å². The van der Waals surface area contributed by atoms with E-state index in [1.807, 2.05) is 12.1 Å². The Morgan fingerprint density at radius 2 is 1.95 bits per heavy atom. The quantitative estimate of drug-likeness (QED) is 0.663. The third-order valence-corrected chi connectivity index (χ3v) is 4.09. The highest BCUT2D eigenvalue weighted by molar-refractivity contribution is 6.30. The van der Waals surface area contributed by atoms with Crippen LogP contribution in [0.25, 0.3) is 17.2 Å². The van der Waals surface area contributed by atoms with Crippen molar-refractivity contribution in [2.45, 2.75) is 19.4 Å². The Labute approximate surface area is 117 Å². The van der Waals surface area contributed by atoms with Crippen LogP contribution in [-0.2, 0) is 13.0 Å². The second-order valence-corrected chi connectivity index (χ2v) is 5.51. The van der Waals surface area contributed by atoms with Crippen molar-refractivity contribution in [3.8, 4) is 16.9 Å². The molecule has 0 bridgehead atoms. The first-order valence-electron chi connectivity index (χ1n) is 6.56. The number of halogens is 1. The molecule has 0 amide bonds. The van der Waals surface area contributed by atoms with Crippen LogP contribution >= 0.6 is 11.6 Å². The Bertz CT molecular complexity index is 701. The van der Waals surface area contributed by atoms with E-state index in [0.29, 0.717) is 6.61 Å². The monoisotopic (exact) mass is 268 g/mol. The van der Waals surface area contributed by atoms with Crippen LogP contribution in [0, 0.1) is 0 Å². The summed E-state index contributed by atoms with van der Waals surface area (Å²) in [5.74, 6) is 0.986. The lowest BCUT2D eigenvalue weighted by atomic mass is 9.90. The van der Waals surface area contributed by atoms with Gasteiger partial charge in [-0.1, -0.05) is 29.8 Å². The minimum atomic E-state index is 0.603. The summed E-state index contributed by atoms with van der Waals surface area (Å²) in [5, 5.41) is 0.770. The summed E-state index contributed by atoms with van der Waals surface area (Å²) in [6.45, 7) is 0.603. The van der Waals surface area contributed by atoms with Crippen molar-refractivity contribution in [2.75, 3.05) is 0 Å². The predicted molar refractivity (Wildman–Crippen MR) is 78.6 cm³/mol. The number of fused-ring (bicyclic) bond motifs is 4. The molecule has 0 N–H and O–H groups in total. The molecule has 0 fully saturated rings. The van der Waals surface area contributed by atoms with Crippen LogP contribution in [0.2, 0.25) is 5.02 Å². The summed E-state index contributed by atoms with van der Waals surface area (Å²) in [6, 6.07) is 10.5. The lowest BCUT2D eigenvalue weighted by Gasteiger charge is -2.23. The topological polar surface area (TPSA) is 9.23 Å². The molecule has 0 saturated heterocycles. The van der Waals surface area contributed by atoms with Crippen molar-refractivity contribution in [1.82, 2.24) is 0 Å². The van der Waals surface area contributed by atoms with Crippen LogP contribution in [0.15, 0.2) is 36.4 Å². The smallest absolute Gasteiger partial charge is 0.128 e. The number of ether oxygens (including phenoxy) is 1. The van der Waals surface area contributed by atoms with Gasteiger partial charge >= 0.3 is 0 Å². The average Bonchev–Trinajstić information content (AvgIpc) is 2.44. The first-order chi connectivity index (χ1) is 9.31. The van der Waals surface area contributed by atoms with Gasteiger partial charge in [-0.2, -0.15) is 0 Å². The van der Waals surface area contributed by atoms with Gasteiger partial charge in [0.2, 0.25) is 0 Å². The highest BCUT2D eigenvalue weighted by Gasteiger charge is 2.20. The highest BCUT2D eigenvalue weighted by atomic mass is 35.5. The molecule has 19 heavy (non-hydrogen) atoms. The fourth-order valence-corrected chi connectivity index (χ4v) is 3.09. The van der Waals surface area contributed by atoms with Crippen LogP contribution in [-0.4, -0.2) is 0 Å². The SMILES string of the molecule is Clc1ccc2c(c1)COc1cc3c(cc1-2)CCC=C3. The van der Waals surface area contributed by atoms with E-state index < -0.39 is 0 Å². The molecule has 4 rings (SSSR count). The van der Waals surface area contributed by atoms with Crippen molar-refractivity contribution in [1.29, 1.82) is 0 Å². The zero-order valence-electron chi connectivity index (χ0n) is 10.4. The van der Waals surface area contributed by atoms with E-state index >= 15 is 0 Å². The molecule has 2 heteroatoms. The summed E-state index contributed by atoms with van der Waals surface area (Å²) in [4.78, 5) is 0. The molecule has 0 spiro atoms. The standard InChI is InChI=1S/C17H13ClO/c18-14-5-6-15-13(7-14)10-19-17-9-12-4-2-1-3-11(12)8-16(15)17/h2,4-9H,1,3,10H2. The second kappa shape index (κ2) is 4.14. The van der Waals surface area contributed by atoms with E-state index in [9.17, 15) is 0 Å².